The number of nitriles is 2. The van der Waals surface area contributed by atoms with Crippen LogP contribution in [0, 0.1) is 57.2 Å². The summed E-state index contributed by atoms with van der Waals surface area (Å²) >= 11 is 0. The van der Waals surface area contributed by atoms with Gasteiger partial charge in [0.2, 0.25) is 0 Å². The SMILES string of the molecule is CC(C)(C=C(C#N)C(=O)N1C2CCC1(COC(=O)N[C@@H](Cc1ccccc1)B(O)O)CC2)N1CCOCC1.CC1(C)[C@@H]2C[C@H]3OB([C@@H]([NH3+])Cc4ccccc4)O[C@@]3(C)[C@H]1C2.CC1(C)[C@@H]2C[C@H]3OB([C@H](Cc4ccccc4)NC(=O)OCC45CCC(CC4)N5C(=O)C(C#N)=CC(C)(C)N4CCOCC4)O[C@@]3(C)[C@H]1C2.[Cl-]. The van der Waals surface area contributed by atoms with E-state index in [4.69, 9.17) is 37.6 Å². The largest absolute Gasteiger partial charge is 1.00 e. The lowest BCUT2D eigenvalue weighted by atomic mass is 9.43. The van der Waals surface area contributed by atoms with Crippen LogP contribution in [0.25, 0.3) is 0 Å². The molecule has 0 unspecified atom stereocenters. The highest BCUT2D eigenvalue weighted by atomic mass is 35.5. The summed E-state index contributed by atoms with van der Waals surface area (Å²) in [4.78, 5) is 62.0. The Bertz CT molecular complexity index is 3840. The molecule has 23 nitrogen and oxygen atoms in total. The predicted molar refractivity (Wildman–Crippen MR) is 408 cm³/mol. The van der Waals surface area contributed by atoms with E-state index in [1.54, 1.807) is 17.1 Å². The lowest BCUT2D eigenvalue weighted by molar-refractivity contribution is -0.397. The van der Waals surface area contributed by atoms with Crippen molar-refractivity contribution in [2.45, 2.75) is 241 Å². The minimum Gasteiger partial charge on any atom is -1.00 e. The van der Waals surface area contributed by atoms with Crippen molar-refractivity contribution < 1.29 is 84.9 Å². The van der Waals surface area contributed by atoms with Gasteiger partial charge in [-0.1, -0.05) is 119 Å². The molecule has 6 aliphatic carbocycles. The van der Waals surface area contributed by atoms with Gasteiger partial charge in [0.15, 0.2) is 0 Å². The Hall–Kier alpha value is -6.36. The topological polar surface area (TPSA) is 295 Å². The van der Waals surface area contributed by atoms with E-state index < -0.39 is 66.1 Å². The number of carbonyl (C=O) groups is 4. The summed E-state index contributed by atoms with van der Waals surface area (Å²) in [7, 11) is -2.52. The maximum Gasteiger partial charge on any atom is 0.521 e. The van der Waals surface area contributed by atoms with Gasteiger partial charge in [0.25, 0.3) is 11.8 Å². The van der Waals surface area contributed by atoms with Crippen LogP contribution in [-0.2, 0) is 66.4 Å². The standard InChI is InChI=1S/C37H51BN4O6.C27H37BN4O6.C18H26BNO2.ClH/c1-34(2,41-15-17-45-18-16-41)22-26(23-39)32(43)42-28-11-13-37(42,14-12-28)24-46-33(44)40-31(19-25-9-7-6-8-10-25)38-47-30-21-27-20-29(35(27,3)4)36(30,5)48-38;1-26(2,31-12-14-37-15-13-31)17-21(18-29)24(33)32-22-8-10-27(32,11-9-22)19-38-25(34)30-23(28(35)36)16-20-6-4-3-5-7-20;1-17(2)13-10-14(17)18(3)15(11-13)21-19(22-18)16(20)9-12-7-5-4-6-8-12;/h6-10,22,27-31H,11-21,24H2,1-5H3,(H,40,44);3-7,17,22-23,35-36H,8-16,19H2,1-2H3,(H,30,34);4-8,13-16H,9-11,20H2,1-3H3;1H/t27-,28?,29-,30+,31-,36-,37?;22?,23-,27?;13-,14-,15+,16-,18-;/m000./s1. The fraction of sp³-hybridized carbons (Fsp3) is 0.659. The van der Waals surface area contributed by atoms with E-state index in [-0.39, 0.29) is 103 Å². The summed E-state index contributed by atoms with van der Waals surface area (Å²) < 4.78 is 48.7. The summed E-state index contributed by atoms with van der Waals surface area (Å²) in [6.45, 7) is 27.5. The molecule has 109 heavy (non-hydrogen) atoms. The van der Waals surface area contributed by atoms with Crippen LogP contribution in [0.15, 0.2) is 114 Å². The van der Waals surface area contributed by atoms with Crippen LogP contribution in [0.1, 0.15) is 163 Å². The van der Waals surface area contributed by atoms with Crippen LogP contribution in [0.3, 0.4) is 0 Å². The Morgan fingerprint density at radius 3 is 1.36 bits per heavy atom. The molecule has 11 atom stereocenters. The highest BCUT2D eigenvalue weighted by Gasteiger charge is 2.70. The zero-order valence-corrected chi connectivity index (χ0v) is 66.4. The number of morpholine rings is 2. The number of ether oxygens (including phenoxy) is 4. The molecule has 7 N–H and O–H groups in total. The van der Waals surface area contributed by atoms with Crippen molar-refractivity contribution in [3.63, 3.8) is 0 Å². The van der Waals surface area contributed by atoms with Crippen LogP contribution >= 0.6 is 0 Å². The van der Waals surface area contributed by atoms with Crippen molar-refractivity contribution in [1.29, 1.82) is 10.5 Å². The minimum absolute atomic E-state index is 0. The molecule has 0 spiro atoms. The number of halogens is 1. The molecule has 17 rings (SSSR count). The molecule has 0 aromatic heterocycles. The molecule has 8 saturated heterocycles. The van der Waals surface area contributed by atoms with Crippen LogP contribution in [0.5, 0.6) is 0 Å². The first kappa shape index (κ1) is 82.1. The van der Waals surface area contributed by atoms with Crippen molar-refractivity contribution in [3.05, 3.63) is 131 Å². The fourth-order valence-electron chi connectivity index (χ4n) is 21.1. The number of benzene rings is 3. The molecule has 6 saturated carbocycles. The van der Waals surface area contributed by atoms with Crippen molar-refractivity contribution in [2.24, 2.45) is 34.5 Å². The van der Waals surface area contributed by atoms with Crippen LogP contribution in [-0.4, -0.2) is 216 Å². The Morgan fingerprint density at radius 1 is 0.587 bits per heavy atom. The van der Waals surface area contributed by atoms with E-state index in [2.05, 4.69) is 110 Å². The fourth-order valence-corrected chi connectivity index (χ4v) is 21.1. The quantitative estimate of drug-likeness (QED) is 0.0520. The number of nitrogens with zero attached hydrogens (tertiary/aromatic N) is 6. The first-order valence-corrected chi connectivity index (χ1v) is 39.9. The minimum atomic E-state index is -1.76. The Morgan fingerprint density at radius 2 is 0.963 bits per heavy atom. The number of amides is 4. The molecule has 4 amide bonds. The summed E-state index contributed by atoms with van der Waals surface area (Å²) in [5, 5.41) is 45.3. The Balaban J connectivity index is 0.000000162. The smallest absolute Gasteiger partial charge is 0.521 e. The number of rotatable bonds is 21. The van der Waals surface area contributed by atoms with E-state index in [1.165, 1.54) is 12.0 Å². The number of hydrogen-bond donors (Lipinski definition) is 5. The number of quaternary nitrogens is 1. The molecule has 0 radical (unpaired) electrons. The van der Waals surface area contributed by atoms with Crippen LogP contribution in [0.4, 0.5) is 9.59 Å². The number of hydrogen-bond acceptors (Lipinski definition) is 18. The van der Waals surface area contributed by atoms with E-state index in [0.717, 1.165) is 107 Å². The summed E-state index contributed by atoms with van der Waals surface area (Å²) in [5.74, 6) is 0.610. The molecule has 8 heterocycles. The van der Waals surface area contributed by atoms with Crippen molar-refractivity contribution in [1.82, 2.24) is 30.2 Å². The van der Waals surface area contributed by atoms with Gasteiger partial charge in [-0.2, -0.15) is 10.5 Å². The zero-order valence-electron chi connectivity index (χ0n) is 65.6. The zero-order chi connectivity index (χ0) is 76.8. The van der Waals surface area contributed by atoms with Crippen molar-refractivity contribution >= 4 is 45.4 Å². The van der Waals surface area contributed by atoms with Gasteiger partial charge in [0.05, 0.1) is 72.8 Å². The molecule has 8 aliphatic heterocycles. The van der Waals surface area contributed by atoms with Crippen LogP contribution in [0.2, 0.25) is 0 Å². The molecule has 8 bridgehead atoms. The van der Waals surface area contributed by atoms with Crippen molar-refractivity contribution in [3.8, 4) is 12.1 Å². The third-order valence-electron chi connectivity index (χ3n) is 27.8. The molecule has 27 heteroatoms. The maximum absolute atomic E-state index is 14.0. The van der Waals surface area contributed by atoms with Gasteiger partial charge in [0, 0.05) is 55.8 Å². The first-order valence-electron chi connectivity index (χ1n) is 39.9. The van der Waals surface area contributed by atoms with Gasteiger partial charge in [-0.25, -0.2) is 9.59 Å². The van der Waals surface area contributed by atoms with E-state index in [1.807, 2.05) is 93.3 Å². The second kappa shape index (κ2) is 33.0. The monoisotopic (exact) mass is 1520 g/mol. The summed E-state index contributed by atoms with van der Waals surface area (Å²) in [5.41, 5.74) is 5.62. The maximum atomic E-state index is 14.0. The van der Waals surface area contributed by atoms with E-state index in [9.17, 15) is 39.7 Å². The normalized spacial score (nSPS) is 31.9. The first-order chi connectivity index (χ1) is 51.4. The molecule has 3 aromatic rings. The lowest BCUT2D eigenvalue weighted by Gasteiger charge is -2.64. The highest BCUT2D eigenvalue weighted by Crippen LogP contribution is 2.67. The van der Waals surface area contributed by atoms with Crippen molar-refractivity contribution in [2.75, 3.05) is 65.8 Å². The van der Waals surface area contributed by atoms with E-state index in [0.29, 0.717) is 68.9 Å². The lowest BCUT2D eigenvalue weighted by Crippen LogP contribution is -3.00. The number of nitrogens with one attached hydrogen (secondary N) is 2. The second-order valence-corrected chi connectivity index (χ2v) is 35.7. The Labute approximate surface area is 652 Å². The van der Waals surface area contributed by atoms with Gasteiger partial charge >= 0.3 is 33.5 Å². The van der Waals surface area contributed by atoms with Gasteiger partial charge in [-0.3, -0.25) is 19.4 Å². The van der Waals surface area contributed by atoms with Gasteiger partial charge in [0.1, 0.15) is 42.4 Å². The van der Waals surface area contributed by atoms with Crippen LogP contribution < -0.4 is 28.8 Å². The molecular weight excluding hydrogens is 1400 g/mol. The Kier molecular flexibility index (Phi) is 24.9. The van der Waals surface area contributed by atoms with Gasteiger partial charge < -0.3 is 86.2 Å². The summed E-state index contributed by atoms with van der Waals surface area (Å²) in [6.07, 6.45) is 14.8. The second-order valence-electron chi connectivity index (χ2n) is 35.7. The van der Waals surface area contributed by atoms with E-state index >= 15 is 0 Å². The third kappa shape index (κ3) is 16.7. The molecule has 14 fully saturated rings. The number of alkyl carbamates (subject to hydrolysis) is 2. The molecule has 14 aliphatic rings. The molecular formula is C82H115B3ClN9O14. The van der Waals surface area contributed by atoms with Gasteiger partial charge in [-0.15, -0.1) is 0 Å². The number of carbonyl (C=O) groups excluding carboxylic acids is 4. The average Bonchev–Trinajstić information content (AvgIpc) is 1.68. The highest BCUT2D eigenvalue weighted by molar-refractivity contribution is 6.48. The number of fused-ring (bicyclic) bond motifs is 4. The average molecular weight is 1520 g/mol. The molecule has 588 valence electrons. The van der Waals surface area contributed by atoms with Gasteiger partial charge in [-0.05, 0) is 195 Å². The third-order valence-corrected chi connectivity index (χ3v) is 27.8. The summed E-state index contributed by atoms with van der Waals surface area (Å²) in [6, 6.07) is 34.1. The predicted octanol–water partition coefficient (Wildman–Crippen LogP) is 5.21. The molecule has 3 aromatic carbocycles.